The monoisotopic (exact) mass is 233 g/mol. The fourth-order valence-electron chi connectivity index (χ4n) is 1.78. The van der Waals surface area contributed by atoms with Crippen LogP contribution in [0.25, 0.3) is 0 Å². The number of para-hydroxylation sites is 1. The summed E-state index contributed by atoms with van der Waals surface area (Å²) in [4.78, 5) is 0. The molecule has 0 bridgehead atoms. The molecule has 0 saturated carbocycles. The van der Waals surface area contributed by atoms with Crippen molar-refractivity contribution in [3.8, 4) is 11.8 Å². The van der Waals surface area contributed by atoms with E-state index in [0.29, 0.717) is 19.6 Å². The maximum Gasteiger partial charge on any atom is 0.187 e. The van der Waals surface area contributed by atoms with Gasteiger partial charge in [0.1, 0.15) is 5.75 Å². The van der Waals surface area contributed by atoms with E-state index in [0.717, 1.165) is 11.3 Å². The van der Waals surface area contributed by atoms with Gasteiger partial charge in [0.05, 0.1) is 31.8 Å². The number of nitriles is 1. The largest absolute Gasteiger partial charge is 0.493 e. The standard InChI is InChI=1S/C13H15NO3/c1-2-15-12-6-4-3-5-11(12)13-16-9-10(17-13)7-8-14/h3-6,10,13H,2,7,9H2,1H3. The van der Waals surface area contributed by atoms with Gasteiger partial charge in [-0.15, -0.1) is 0 Å². The molecule has 4 heteroatoms. The van der Waals surface area contributed by atoms with Crippen LogP contribution < -0.4 is 4.74 Å². The molecule has 90 valence electrons. The van der Waals surface area contributed by atoms with Crippen molar-refractivity contribution in [3.05, 3.63) is 29.8 Å². The van der Waals surface area contributed by atoms with E-state index < -0.39 is 6.29 Å². The topological polar surface area (TPSA) is 51.5 Å². The van der Waals surface area contributed by atoms with Gasteiger partial charge in [0.15, 0.2) is 6.29 Å². The molecule has 2 rings (SSSR count). The molecule has 0 aliphatic carbocycles. The quantitative estimate of drug-likeness (QED) is 0.801. The third-order valence-corrected chi connectivity index (χ3v) is 2.54. The van der Waals surface area contributed by atoms with Crippen LogP contribution in [0.2, 0.25) is 0 Å². The summed E-state index contributed by atoms with van der Waals surface area (Å²) < 4.78 is 16.7. The van der Waals surface area contributed by atoms with Crippen LogP contribution in [-0.2, 0) is 9.47 Å². The molecule has 1 aromatic carbocycles. The van der Waals surface area contributed by atoms with Gasteiger partial charge in [-0.25, -0.2) is 0 Å². The second-order valence-electron chi connectivity index (χ2n) is 3.76. The molecule has 0 N–H and O–H groups in total. The molecule has 0 amide bonds. The number of nitrogens with zero attached hydrogens (tertiary/aromatic N) is 1. The van der Waals surface area contributed by atoms with Crippen molar-refractivity contribution in [2.75, 3.05) is 13.2 Å². The van der Waals surface area contributed by atoms with Crippen molar-refractivity contribution in [1.29, 1.82) is 5.26 Å². The van der Waals surface area contributed by atoms with Crippen LogP contribution in [0.3, 0.4) is 0 Å². The molecule has 1 aliphatic rings. The Morgan fingerprint density at radius 3 is 3.06 bits per heavy atom. The highest BCUT2D eigenvalue weighted by Crippen LogP contribution is 2.33. The Morgan fingerprint density at radius 1 is 1.47 bits per heavy atom. The van der Waals surface area contributed by atoms with Gasteiger partial charge in [0.2, 0.25) is 0 Å². The molecule has 1 aromatic rings. The number of ether oxygens (including phenoxy) is 3. The van der Waals surface area contributed by atoms with Crippen molar-refractivity contribution >= 4 is 0 Å². The fraction of sp³-hybridized carbons (Fsp3) is 0.462. The molecule has 4 nitrogen and oxygen atoms in total. The molecule has 1 saturated heterocycles. The molecule has 0 radical (unpaired) electrons. The highest BCUT2D eigenvalue weighted by molar-refractivity contribution is 5.34. The summed E-state index contributed by atoms with van der Waals surface area (Å²) >= 11 is 0. The van der Waals surface area contributed by atoms with Crippen LogP contribution in [0.1, 0.15) is 25.2 Å². The van der Waals surface area contributed by atoms with Crippen molar-refractivity contribution in [2.24, 2.45) is 0 Å². The lowest BCUT2D eigenvalue weighted by Crippen LogP contribution is -2.08. The lowest BCUT2D eigenvalue weighted by molar-refractivity contribution is -0.0606. The molecule has 1 fully saturated rings. The first-order chi connectivity index (χ1) is 8.35. The third-order valence-electron chi connectivity index (χ3n) is 2.54. The number of rotatable bonds is 4. The van der Waals surface area contributed by atoms with E-state index >= 15 is 0 Å². The molecular weight excluding hydrogens is 218 g/mol. The van der Waals surface area contributed by atoms with Crippen LogP contribution in [-0.4, -0.2) is 19.3 Å². The van der Waals surface area contributed by atoms with Gasteiger partial charge in [-0.3, -0.25) is 0 Å². The highest BCUT2D eigenvalue weighted by atomic mass is 16.7. The predicted molar refractivity (Wildman–Crippen MR) is 61.4 cm³/mol. The molecule has 0 spiro atoms. The van der Waals surface area contributed by atoms with E-state index in [1.165, 1.54) is 0 Å². The molecule has 17 heavy (non-hydrogen) atoms. The first-order valence-electron chi connectivity index (χ1n) is 5.71. The third kappa shape index (κ3) is 2.76. The SMILES string of the molecule is CCOc1ccccc1C1OCC(CC#N)O1. The van der Waals surface area contributed by atoms with E-state index in [1.54, 1.807) is 0 Å². The van der Waals surface area contributed by atoms with Gasteiger partial charge in [-0.2, -0.15) is 5.26 Å². The normalized spacial score (nSPS) is 23.3. The Bertz CT molecular complexity index is 413. The van der Waals surface area contributed by atoms with E-state index in [4.69, 9.17) is 19.5 Å². The van der Waals surface area contributed by atoms with E-state index in [2.05, 4.69) is 6.07 Å². The first-order valence-corrected chi connectivity index (χ1v) is 5.71. The molecule has 2 unspecified atom stereocenters. The number of hydrogen-bond donors (Lipinski definition) is 0. The Kier molecular flexibility index (Phi) is 3.97. The van der Waals surface area contributed by atoms with Crippen LogP contribution in [0.4, 0.5) is 0 Å². The molecular formula is C13H15NO3. The molecule has 0 aromatic heterocycles. The first kappa shape index (κ1) is 11.9. The summed E-state index contributed by atoms with van der Waals surface area (Å²) in [6, 6.07) is 9.73. The van der Waals surface area contributed by atoms with Crippen LogP contribution in [0, 0.1) is 11.3 Å². The second kappa shape index (κ2) is 5.67. The summed E-state index contributed by atoms with van der Waals surface area (Å²) in [5.74, 6) is 0.776. The Labute approximate surface area is 101 Å². The number of benzene rings is 1. The van der Waals surface area contributed by atoms with Crippen molar-refractivity contribution in [3.63, 3.8) is 0 Å². The lowest BCUT2D eigenvalue weighted by atomic mass is 10.2. The Balaban J connectivity index is 2.10. The van der Waals surface area contributed by atoms with Crippen molar-refractivity contribution < 1.29 is 14.2 Å². The predicted octanol–water partition coefficient (Wildman–Crippen LogP) is 2.41. The minimum atomic E-state index is -0.420. The van der Waals surface area contributed by atoms with Gasteiger partial charge < -0.3 is 14.2 Å². The van der Waals surface area contributed by atoms with Gasteiger partial charge >= 0.3 is 0 Å². The van der Waals surface area contributed by atoms with Gasteiger partial charge in [-0.1, -0.05) is 18.2 Å². The zero-order valence-corrected chi connectivity index (χ0v) is 9.76. The maximum absolute atomic E-state index is 8.61. The smallest absolute Gasteiger partial charge is 0.187 e. The van der Waals surface area contributed by atoms with E-state index in [1.807, 2.05) is 31.2 Å². The van der Waals surface area contributed by atoms with Crippen molar-refractivity contribution in [1.82, 2.24) is 0 Å². The summed E-state index contributed by atoms with van der Waals surface area (Å²) in [5, 5.41) is 8.61. The van der Waals surface area contributed by atoms with Crippen LogP contribution in [0.5, 0.6) is 5.75 Å². The maximum atomic E-state index is 8.61. The fourth-order valence-corrected chi connectivity index (χ4v) is 1.78. The van der Waals surface area contributed by atoms with Gasteiger partial charge in [-0.05, 0) is 13.0 Å². The van der Waals surface area contributed by atoms with Crippen LogP contribution >= 0.6 is 0 Å². The zero-order chi connectivity index (χ0) is 12.1. The summed E-state index contributed by atoms with van der Waals surface area (Å²) in [5.41, 5.74) is 0.884. The molecule has 1 heterocycles. The zero-order valence-electron chi connectivity index (χ0n) is 9.76. The lowest BCUT2D eigenvalue weighted by Gasteiger charge is -2.15. The van der Waals surface area contributed by atoms with Crippen molar-refractivity contribution in [2.45, 2.75) is 25.7 Å². The highest BCUT2D eigenvalue weighted by Gasteiger charge is 2.29. The summed E-state index contributed by atoms with van der Waals surface area (Å²) in [7, 11) is 0. The van der Waals surface area contributed by atoms with E-state index in [9.17, 15) is 0 Å². The molecule has 1 aliphatic heterocycles. The van der Waals surface area contributed by atoms with Gasteiger partial charge in [0.25, 0.3) is 0 Å². The molecule has 2 atom stereocenters. The summed E-state index contributed by atoms with van der Waals surface area (Å²) in [6.45, 7) is 3.00. The number of hydrogen-bond acceptors (Lipinski definition) is 4. The second-order valence-corrected chi connectivity index (χ2v) is 3.76. The average molecular weight is 233 g/mol. The Hall–Kier alpha value is -1.57. The van der Waals surface area contributed by atoms with Gasteiger partial charge in [0, 0.05) is 5.56 Å². The van der Waals surface area contributed by atoms with Crippen LogP contribution in [0.15, 0.2) is 24.3 Å². The Morgan fingerprint density at radius 2 is 2.29 bits per heavy atom. The minimum Gasteiger partial charge on any atom is -0.493 e. The average Bonchev–Trinajstić information content (AvgIpc) is 2.79. The minimum absolute atomic E-state index is 0.139. The summed E-state index contributed by atoms with van der Waals surface area (Å²) in [6.07, 6.45) is -0.205. The van der Waals surface area contributed by atoms with E-state index in [-0.39, 0.29) is 6.10 Å².